The third-order valence-corrected chi connectivity index (χ3v) is 1.52. The predicted molar refractivity (Wildman–Crippen MR) is 29.1 cm³/mol. The van der Waals surface area contributed by atoms with Gasteiger partial charge in [0.05, 0.1) is 3.77 Å². The van der Waals surface area contributed by atoms with Crippen molar-refractivity contribution in [3.63, 3.8) is 0 Å². The van der Waals surface area contributed by atoms with E-state index in [1.54, 1.807) is 0 Å². The van der Waals surface area contributed by atoms with E-state index in [2.05, 4.69) is 3.77 Å². The Balaban J connectivity index is 2.62. The molecule has 0 aliphatic carbocycles. The molecule has 5 heavy (non-hydrogen) atoms. The summed E-state index contributed by atoms with van der Waals surface area (Å²) in [6, 6.07) is 0. The maximum atomic E-state index is 4.95. The second-order valence-electron chi connectivity index (χ2n) is 0.213. The van der Waals surface area contributed by atoms with Gasteiger partial charge in [-0.05, 0) is 10.7 Å². The van der Waals surface area contributed by atoms with Gasteiger partial charge in [0.15, 0.2) is 0 Å². The summed E-state index contributed by atoms with van der Waals surface area (Å²) in [5.74, 6) is 0. The molecular weight excluding hydrogens is 149 g/mol. The van der Waals surface area contributed by atoms with E-state index in [1.807, 2.05) is 0 Å². The topological polar surface area (TPSA) is 12.4 Å². The van der Waals surface area contributed by atoms with Gasteiger partial charge in [-0.15, -0.1) is 0 Å². The number of rotatable bonds is 1. The lowest BCUT2D eigenvalue weighted by atomic mass is 13.9. The van der Waals surface area contributed by atoms with E-state index >= 15 is 0 Å². The van der Waals surface area contributed by atoms with Crippen molar-refractivity contribution in [1.82, 2.24) is 0 Å². The summed E-state index contributed by atoms with van der Waals surface area (Å²) in [6.45, 7) is 0. The SMILES string of the molecule is ClSN=[S+]Cl. The molecule has 0 aliphatic heterocycles. The maximum Gasteiger partial charge on any atom is 0.471 e. The van der Waals surface area contributed by atoms with E-state index in [0.717, 1.165) is 21.9 Å². The van der Waals surface area contributed by atoms with Crippen LogP contribution >= 0.6 is 32.5 Å². The Labute approximate surface area is 47.3 Å². The van der Waals surface area contributed by atoms with E-state index in [-0.39, 0.29) is 0 Å². The van der Waals surface area contributed by atoms with E-state index < -0.39 is 0 Å². The molecule has 1 nitrogen and oxygen atoms in total. The van der Waals surface area contributed by atoms with Gasteiger partial charge < -0.3 is 0 Å². The van der Waals surface area contributed by atoms with E-state index in [0.29, 0.717) is 0 Å². The standard InChI is InChI=1S/Cl2NS2/c1-4-3-5-2/q+1. The fourth-order valence-corrected chi connectivity index (χ4v) is 0.862. The monoisotopic (exact) mass is 148 g/mol. The fraction of sp³-hybridized carbons (Fsp3) is 0. The quantitative estimate of drug-likeness (QED) is 0.411. The summed E-state index contributed by atoms with van der Waals surface area (Å²) in [4.78, 5) is 0. The Kier molecular flexibility index (Phi) is 5.89. The van der Waals surface area contributed by atoms with Crippen LogP contribution in [-0.4, -0.2) is 0 Å². The fourth-order valence-electron chi connectivity index (χ4n) is 0.0106. The van der Waals surface area contributed by atoms with Crippen LogP contribution in [0.1, 0.15) is 0 Å². The van der Waals surface area contributed by atoms with Crippen LogP contribution in [-0.2, 0) is 10.8 Å². The van der Waals surface area contributed by atoms with Crippen molar-refractivity contribution in [2.75, 3.05) is 0 Å². The van der Waals surface area contributed by atoms with Crippen LogP contribution < -0.4 is 0 Å². The summed E-state index contributed by atoms with van der Waals surface area (Å²) >= 11 is 0.830. The summed E-state index contributed by atoms with van der Waals surface area (Å²) in [7, 11) is 10.7. The molecule has 0 N–H and O–H groups in total. The van der Waals surface area contributed by atoms with Crippen molar-refractivity contribution in [3.05, 3.63) is 0 Å². The van der Waals surface area contributed by atoms with E-state index in [9.17, 15) is 0 Å². The first kappa shape index (κ1) is 5.95. The van der Waals surface area contributed by atoms with Gasteiger partial charge in [0.2, 0.25) is 0 Å². The lowest BCUT2D eigenvalue weighted by Crippen LogP contribution is -1.24. The molecule has 0 aliphatic rings. The zero-order chi connectivity index (χ0) is 4.12. The highest BCUT2D eigenvalue weighted by Crippen LogP contribution is 2.05. The summed E-state index contributed by atoms with van der Waals surface area (Å²) in [6.07, 6.45) is 0. The molecule has 0 unspecified atom stereocenters. The van der Waals surface area contributed by atoms with Crippen LogP contribution in [0.4, 0.5) is 0 Å². The molecule has 0 bridgehead atoms. The highest BCUT2D eigenvalue weighted by atomic mass is 35.7. The number of halogens is 2. The van der Waals surface area contributed by atoms with Crippen molar-refractivity contribution in [2.45, 2.75) is 0 Å². The van der Waals surface area contributed by atoms with E-state index in [4.69, 9.17) is 21.4 Å². The molecule has 0 saturated carbocycles. The molecule has 0 saturated heterocycles. The zero-order valence-corrected chi connectivity index (χ0v) is 5.16. The summed E-state index contributed by atoms with van der Waals surface area (Å²) in [5, 5.41) is 0. The Morgan fingerprint density at radius 2 is 2.40 bits per heavy atom. The van der Waals surface area contributed by atoms with Crippen molar-refractivity contribution in [3.8, 4) is 0 Å². The van der Waals surface area contributed by atoms with Crippen LogP contribution in [0.25, 0.3) is 0 Å². The molecule has 0 atom stereocenters. The third kappa shape index (κ3) is 4.95. The first-order chi connectivity index (χ1) is 2.41. The smallest absolute Gasteiger partial charge is 0.0130 e. The van der Waals surface area contributed by atoms with Gasteiger partial charge in [0.25, 0.3) is 0 Å². The first-order valence-electron chi connectivity index (χ1n) is 0.674. The van der Waals surface area contributed by atoms with Gasteiger partial charge in [-0.25, -0.2) is 0 Å². The van der Waals surface area contributed by atoms with Crippen LogP contribution in [0.3, 0.4) is 0 Å². The minimum atomic E-state index is 0.830. The average Bonchev–Trinajstić information content (AvgIpc) is 1.41. The van der Waals surface area contributed by atoms with Crippen molar-refractivity contribution in [2.24, 2.45) is 3.77 Å². The zero-order valence-electron chi connectivity index (χ0n) is 2.02. The van der Waals surface area contributed by atoms with Crippen LogP contribution in [0.5, 0.6) is 0 Å². The average molecular weight is 149 g/mol. The van der Waals surface area contributed by atoms with Gasteiger partial charge >= 0.3 is 21.5 Å². The highest BCUT2D eigenvalue weighted by Gasteiger charge is 1.79. The van der Waals surface area contributed by atoms with Gasteiger partial charge in [0, 0.05) is 0 Å². The minimum absolute atomic E-state index is 0.830. The molecule has 0 spiro atoms. The van der Waals surface area contributed by atoms with Gasteiger partial charge in [0.1, 0.15) is 11.2 Å². The first-order valence-corrected chi connectivity index (χ1v) is 3.87. The summed E-state index contributed by atoms with van der Waals surface area (Å²) < 4.78 is 3.34. The summed E-state index contributed by atoms with van der Waals surface area (Å²) in [5.41, 5.74) is 0. The molecule has 0 radical (unpaired) electrons. The Morgan fingerprint density at radius 1 is 1.80 bits per heavy atom. The normalized spacial score (nSPS) is 10.0. The molecule has 0 heterocycles. The van der Waals surface area contributed by atoms with Gasteiger partial charge in [-0.2, -0.15) is 0 Å². The Morgan fingerprint density at radius 3 is 2.40 bits per heavy atom. The molecule has 0 aromatic rings. The third-order valence-electron chi connectivity index (χ3n) is 0.0563. The second-order valence-corrected chi connectivity index (χ2v) is 1.91. The van der Waals surface area contributed by atoms with Crippen LogP contribution in [0, 0.1) is 0 Å². The molecular formula is Cl2NS2+. The highest BCUT2D eigenvalue weighted by molar-refractivity contribution is 8.23. The van der Waals surface area contributed by atoms with Crippen LogP contribution in [0.2, 0.25) is 0 Å². The molecule has 0 aromatic carbocycles. The number of nitrogens with zero attached hydrogens (tertiary/aromatic N) is 1. The molecule has 0 amide bonds. The Hall–Kier alpha value is 0.950. The van der Waals surface area contributed by atoms with Crippen LogP contribution in [0.15, 0.2) is 3.77 Å². The maximum absolute atomic E-state index is 4.95. The molecule has 30 valence electrons. The van der Waals surface area contributed by atoms with Gasteiger partial charge in [-0.1, -0.05) is 0 Å². The molecule has 0 aromatic heterocycles. The van der Waals surface area contributed by atoms with E-state index in [1.165, 1.54) is 0 Å². The predicted octanol–water partition coefficient (Wildman–Crippen LogP) is 2.21. The second kappa shape index (κ2) is 4.95. The minimum Gasteiger partial charge on any atom is -0.0130 e. The Bertz CT molecular complexity index is 34.6. The molecule has 0 rings (SSSR count). The largest absolute Gasteiger partial charge is 0.471 e. The number of hydrogen-bond donors (Lipinski definition) is 0. The molecule has 5 heteroatoms. The molecule has 0 fully saturated rings. The lowest BCUT2D eigenvalue weighted by Gasteiger charge is -1.43. The van der Waals surface area contributed by atoms with Crippen molar-refractivity contribution < 1.29 is 0 Å². The number of hydrogen-bond acceptors (Lipinski definition) is 2. The van der Waals surface area contributed by atoms with Crippen molar-refractivity contribution in [1.29, 1.82) is 0 Å². The van der Waals surface area contributed by atoms with Crippen molar-refractivity contribution >= 4 is 43.3 Å². The lowest BCUT2D eigenvalue weighted by molar-refractivity contribution is 2.13. The van der Waals surface area contributed by atoms with Gasteiger partial charge in [-0.3, -0.25) is 0 Å².